The monoisotopic (exact) mass is 464 g/mol. The van der Waals surface area contributed by atoms with Crippen molar-refractivity contribution in [3.63, 3.8) is 0 Å². The lowest BCUT2D eigenvalue weighted by Gasteiger charge is -2.34. The molecule has 136 valence electrons. The molecule has 0 aliphatic carbocycles. The van der Waals surface area contributed by atoms with Crippen molar-refractivity contribution in [1.29, 1.82) is 0 Å². The number of nitrogens with one attached hydrogen (secondary N) is 2. The highest BCUT2D eigenvalue weighted by atomic mass is 127. The molecule has 0 aromatic carbocycles. The van der Waals surface area contributed by atoms with E-state index in [2.05, 4.69) is 41.5 Å². The highest BCUT2D eigenvalue weighted by Gasteiger charge is 2.23. The molecule has 0 saturated carbocycles. The lowest BCUT2D eigenvalue weighted by molar-refractivity contribution is -0.121. The van der Waals surface area contributed by atoms with Crippen LogP contribution in [-0.4, -0.2) is 43.4 Å². The molecule has 1 aromatic heterocycles. The summed E-state index contributed by atoms with van der Waals surface area (Å²) < 4.78 is 0. The van der Waals surface area contributed by atoms with Gasteiger partial charge in [0.2, 0.25) is 5.91 Å². The zero-order valence-electron chi connectivity index (χ0n) is 14.8. The molecule has 1 fully saturated rings. The molecule has 2 N–H and O–H groups in total. The SMILES string of the molecule is CCNC(=NCc1ccc(C)s1)N1CCC(CC(=O)NC)CC1.I. The van der Waals surface area contributed by atoms with Crippen molar-refractivity contribution in [3.8, 4) is 0 Å². The fourth-order valence-electron chi connectivity index (χ4n) is 2.86. The van der Waals surface area contributed by atoms with Crippen LogP contribution in [0.5, 0.6) is 0 Å². The van der Waals surface area contributed by atoms with Gasteiger partial charge in [-0.1, -0.05) is 0 Å². The van der Waals surface area contributed by atoms with Crippen LogP contribution in [0, 0.1) is 12.8 Å². The number of halogens is 1. The number of guanidine groups is 1. The number of rotatable bonds is 5. The molecule has 0 radical (unpaired) electrons. The summed E-state index contributed by atoms with van der Waals surface area (Å²) in [6.07, 6.45) is 2.75. The first-order valence-electron chi connectivity index (χ1n) is 8.41. The molecule has 24 heavy (non-hydrogen) atoms. The van der Waals surface area contributed by atoms with Gasteiger partial charge in [-0.05, 0) is 44.7 Å². The molecular formula is C17H29IN4OS. The molecule has 1 amide bonds. The van der Waals surface area contributed by atoms with E-state index in [0.717, 1.165) is 45.0 Å². The Kier molecular flexibility index (Phi) is 9.65. The first-order valence-corrected chi connectivity index (χ1v) is 9.23. The zero-order chi connectivity index (χ0) is 16.7. The van der Waals surface area contributed by atoms with E-state index in [9.17, 15) is 4.79 Å². The van der Waals surface area contributed by atoms with E-state index in [4.69, 9.17) is 4.99 Å². The van der Waals surface area contributed by atoms with Crippen LogP contribution in [0.1, 0.15) is 35.9 Å². The maximum atomic E-state index is 11.5. The number of thiophene rings is 1. The van der Waals surface area contributed by atoms with Gasteiger partial charge in [0.25, 0.3) is 0 Å². The summed E-state index contributed by atoms with van der Waals surface area (Å²) in [4.78, 5) is 21.2. The number of carbonyl (C=O) groups excluding carboxylic acids is 1. The molecule has 1 aliphatic rings. The van der Waals surface area contributed by atoms with E-state index in [1.807, 2.05) is 0 Å². The molecule has 0 spiro atoms. The van der Waals surface area contributed by atoms with Crippen LogP contribution in [0.15, 0.2) is 17.1 Å². The maximum Gasteiger partial charge on any atom is 0.220 e. The minimum Gasteiger partial charge on any atom is -0.359 e. The van der Waals surface area contributed by atoms with Crippen LogP contribution >= 0.6 is 35.3 Å². The van der Waals surface area contributed by atoms with Gasteiger partial charge >= 0.3 is 0 Å². The second-order valence-electron chi connectivity index (χ2n) is 5.99. The van der Waals surface area contributed by atoms with E-state index < -0.39 is 0 Å². The standard InChI is InChI=1S/C17H28N4OS.HI/c1-4-19-17(20-12-15-6-5-13(2)23-15)21-9-7-14(8-10-21)11-16(22)18-3;/h5-6,14H,4,7-12H2,1-3H3,(H,18,22)(H,19,20);1H. The summed E-state index contributed by atoms with van der Waals surface area (Å²) in [5.74, 6) is 1.64. The van der Waals surface area contributed by atoms with Crippen LogP contribution in [0.25, 0.3) is 0 Å². The first kappa shape index (κ1) is 21.2. The number of aryl methyl sites for hydroxylation is 1. The molecule has 1 saturated heterocycles. The Morgan fingerprint density at radius 2 is 2.08 bits per heavy atom. The normalized spacial score (nSPS) is 15.8. The van der Waals surface area contributed by atoms with Crippen molar-refractivity contribution in [1.82, 2.24) is 15.5 Å². The highest BCUT2D eigenvalue weighted by molar-refractivity contribution is 14.0. The van der Waals surface area contributed by atoms with E-state index >= 15 is 0 Å². The number of aliphatic imine (C=N–C) groups is 1. The molecular weight excluding hydrogens is 435 g/mol. The molecule has 5 nitrogen and oxygen atoms in total. The lowest BCUT2D eigenvalue weighted by Crippen LogP contribution is -2.46. The Morgan fingerprint density at radius 1 is 1.38 bits per heavy atom. The van der Waals surface area contributed by atoms with E-state index in [1.165, 1.54) is 9.75 Å². The van der Waals surface area contributed by atoms with E-state index in [0.29, 0.717) is 12.3 Å². The Balaban J connectivity index is 0.00000288. The molecule has 2 heterocycles. The molecule has 2 rings (SSSR count). The molecule has 0 bridgehead atoms. The molecule has 7 heteroatoms. The van der Waals surface area contributed by atoms with Gasteiger partial charge in [0.1, 0.15) is 0 Å². The largest absolute Gasteiger partial charge is 0.359 e. The Labute approximate surface area is 166 Å². The lowest BCUT2D eigenvalue weighted by atomic mass is 9.93. The summed E-state index contributed by atoms with van der Waals surface area (Å²) >= 11 is 1.81. The minimum absolute atomic E-state index is 0. The number of likely N-dealkylation sites (tertiary alicyclic amines) is 1. The van der Waals surface area contributed by atoms with Crippen molar-refractivity contribution in [2.75, 3.05) is 26.7 Å². The summed E-state index contributed by atoms with van der Waals surface area (Å²) in [5.41, 5.74) is 0. The van der Waals surface area contributed by atoms with Crippen LogP contribution < -0.4 is 10.6 Å². The Hall–Kier alpha value is -0.830. The summed E-state index contributed by atoms with van der Waals surface area (Å²) in [5, 5.41) is 6.12. The third-order valence-electron chi connectivity index (χ3n) is 4.18. The number of hydrogen-bond donors (Lipinski definition) is 2. The van der Waals surface area contributed by atoms with Crippen molar-refractivity contribution in [2.24, 2.45) is 10.9 Å². The molecule has 1 aliphatic heterocycles. The minimum atomic E-state index is 0. The number of piperidine rings is 1. The number of nitrogens with zero attached hydrogens (tertiary/aromatic N) is 2. The number of carbonyl (C=O) groups is 1. The summed E-state index contributed by atoms with van der Waals surface area (Å²) in [6.45, 7) is 7.77. The number of hydrogen-bond acceptors (Lipinski definition) is 3. The van der Waals surface area contributed by atoms with Crippen molar-refractivity contribution in [3.05, 3.63) is 21.9 Å². The zero-order valence-corrected chi connectivity index (χ0v) is 17.9. The van der Waals surface area contributed by atoms with Crippen molar-refractivity contribution in [2.45, 2.75) is 39.7 Å². The van der Waals surface area contributed by atoms with Crippen LogP contribution in [-0.2, 0) is 11.3 Å². The predicted octanol–water partition coefficient (Wildman–Crippen LogP) is 2.99. The van der Waals surface area contributed by atoms with E-state index in [-0.39, 0.29) is 29.9 Å². The van der Waals surface area contributed by atoms with Gasteiger partial charge in [0, 0.05) is 42.9 Å². The summed E-state index contributed by atoms with van der Waals surface area (Å²) in [7, 11) is 1.71. The predicted molar refractivity (Wildman–Crippen MR) is 112 cm³/mol. The third-order valence-corrected chi connectivity index (χ3v) is 5.17. The molecule has 0 atom stereocenters. The quantitative estimate of drug-likeness (QED) is 0.400. The van der Waals surface area contributed by atoms with Gasteiger partial charge in [-0.15, -0.1) is 35.3 Å². The average Bonchev–Trinajstić information content (AvgIpc) is 2.97. The van der Waals surface area contributed by atoms with Gasteiger partial charge in [0.15, 0.2) is 5.96 Å². The number of amides is 1. The fourth-order valence-corrected chi connectivity index (χ4v) is 3.68. The highest BCUT2D eigenvalue weighted by Crippen LogP contribution is 2.21. The summed E-state index contributed by atoms with van der Waals surface area (Å²) in [6, 6.07) is 4.30. The molecule has 0 unspecified atom stereocenters. The van der Waals surface area contributed by atoms with Crippen LogP contribution in [0.3, 0.4) is 0 Å². The molecule has 1 aromatic rings. The second-order valence-corrected chi connectivity index (χ2v) is 7.36. The van der Waals surface area contributed by atoms with Gasteiger partial charge in [-0.25, -0.2) is 4.99 Å². The van der Waals surface area contributed by atoms with Gasteiger partial charge in [-0.3, -0.25) is 4.79 Å². The van der Waals surface area contributed by atoms with Crippen molar-refractivity contribution < 1.29 is 4.79 Å². The van der Waals surface area contributed by atoms with Crippen LogP contribution in [0.2, 0.25) is 0 Å². The Bertz CT molecular complexity index is 538. The fraction of sp³-hybridized carbons (Fsp3) is 0.647. The topological polar surface area (TPSA) is 56.7 Å². The third kappa shape index (κ3) is 6.58. The average molecular weight is 464 g/mol. The van der Waals surface area contributed by atoms with Gasteiger partial charge in [-0.2, -0.15) is 0 Å². The second kappa shape index (κ2) is 10.9. The van der Waals surface area contributed by atoms with Crippen LogP contribution in [0.4, 0.5) is 0 Å². The smallest absolute Gasteiger partial charge is 0.220 e. The Morgan fingerprint density at radius 3 is 2.62 bits per heavy atom. The van der Waals surface area contributed by atoms with Gasteiger partial charge < -0.3 is 15.5 Å². The first-order chi connectivity index (χ1) is 11.1. The van der Waals surface area contributed by atoms with E-state index in [1.54, 1.807) is 18.4 Å². The van der Waals surface area contributed by atoms with Gasteiger partial charge in [0.05, 0.1) is 6.54 Å². The maximum absolute atomic E-state index is 11.5. The van der Waals surface area contributed by atoms with Crippen molar-refractivity contribution >= 4 is 47.2 Å².